The largest absolute Gasteiger partial charge is 0.387 e. The summed E-state index contributed by atoms with van der Waals surface area (Å²) in [6, 6.07) is 0. The molecule has 0 bridgehead atoms. The molecule has 0 aromatic heterocycles. The normalized spacial score (nSPS) is 18.1. The predicted octanol–water partition coefficient (Wildman–Crippen LogP) is 1.87. The SMILES string of the molecule is CCCCN(CCCC)C(=O)CN1CC(O)(CC)C1. The molecule has 19 heavy (non-hydrogen) atoms. The van der Waals surface area contributed by atoms with Crippen LogP contribution < -0.4 is 0 Å². The van der Waals surface area contributed by atoms with Crippen molar-refractivity contribution >= 4 is 5.91 Å². The molecule has 0 radical (unpaired) electrons. The third kappa shape index (κ3) is 5.11. The minimum Gasteiger partial charge on any atom is -0.387 e. The number of nitrogens with zero attached hydrogens (tertiary/aromatic N) is 2. The van der Waals surface area contributed by atoms with Crippen molar-refractivity contribution in [2.75, 3.05) is 32.7 Å². The number of hydrogen-bond donors (Lipinski definition) is 1. The van der Waals surface area contributed by atoms with Crippen LogP contribution in [0.5, 0.6) is 0 Å². The Kier molecular flexibility index (Phi) is 6.80. The molecule has 1 heterocycles. The Hall–Kier alpha value is -0.610. The highest BCUT2D eigenvalue weighted by atomic mass is 16.3. The number of hydrogen-bond acceptors (Lipinski definition) is 3. The summed E-state index contributed by atoms with van der Waals surface area (Å²) < 4.78 is 0. The second-order valence-corrected chi connectivity index (χ2v) is 5.81. The molecule has 0 unspecified atom stereocenters. The molecule has 4 nitrogen and oxygen atoms in total. The van der Waals surface area contributed by atoms with Crippen LogP contribution in [0.1, 0.15) is 52.9 Å². The van der Waals surface area contributed by atoms with Crippen LogP contribution in [-0.4, -0.2) is 59.1 Å². The molecule has 1 aliphatic heterocycles. The van der Waals surface area contributed by atoms with E-state index in [1.54, 1.807) is 0 Å². The van der Waals surface area contributed by atoms with Crippen molar-refractivity contribution in [1.29, 1.82) is 0 Å². The van der Waals surface area contributed by atoms with Gasteiger partial charge in [-0.05, 0) is 19.3 Å². The van der Waals surface area contributed by atoms with Gasteiger partial charge in [0.05, 0.1) is 12.1 Å². The lowest BCUT2D eigenvalue weighted by atomic mass is 9.91. The van der Waals surface area contributed by atoms with Crippen molar-refractivity contribution in [3.05, 3.63) is 0 Å². The molecule has 112 valence electrons. The van der Waals surface area contributed by atoms with Gasteiger partial charge in [0.1, 0.15) is 0 Å². The number of β-amino-alcohol motifs (C(OH)–C–C–N with tert-alkyl or cyclic N) is 1. The second kappa shape index (κ2) is 7.85. The van der Waals surface area contributed by atoms with E-state index in [1.807, 2.05) is 11.8 Å². The first-order valence-electron chi connectivity index (χ1n) is 7.77. The Bertz CT molecular complexity index is 267. The molecule has 1 aliphatic rings. The molecular weight excluding hydrogens is 240 g/mol. The Morgan fingerprint density at radius 1 is 1.16 bits per heavy atom. The van der Waals surface area contributed by atoms with E-state index in [1.165, 1.54) is 0 Å². The zero-order chi connectivity index (χ0) is 14.3. The third-order valence-electron chi connectivity index (χ3n) is 3.97. The van der Waals surface area contributed by atoms with E-state index < -0.39 is 5.60 Å². The minimum atomic E-state index is -0.544. The van der Waals surface area contributed by atoms with Crippen LogP contribution in [0, 0.1) is 0 Å². The summed E-state index contributed by atoms with van der Waals surface area (Å²) >= 11 is 0. The fourth-order valence-corrected chi connectivity index (χ4v) is 2.47. The monoisotopic (exact) mass is 270 g/mol. The van der Waals surface area contributed by atoms with Crippen LogP contribution in [0.4, 0.5) is 0 Å². The maximum Gasteiger partial charge on any atom is 0.236 e. The molecule has 1 saturated heterocycles. The molecule has 0 aromatic rings. The maximum absolute atomic E-state index is 12.3. The number of carbonyl (C=O) groups excluding carboxylic acids is 1. The number of amides is 1. The van der Waals surface area contributed by atoms with Crippen LogP contribution in [0.2, 0.25) is 0 Å². The van der Waals surface area contributed by atoms with Gasteiger partial charge in [0.2, 0.25) is 5.91 Å². The molecule has 0 aliphatic carbocycles. The van der Waals surface area contributed by atoms with Gasteiger partial charge in [0, 0.05) is 26.2 Å². The third-order valence-corrected chi connectivity index (χ3v) is 3.97. The number of aliphatic hydroxyl groups is 1. The van der Waals surface area contributed by atoms with E-state index >= 15 is 0 Å². The summed E-state index contributed by atoms with van der Waals surface area (Å²) in [4.78, 5) is 16.3. The topological polar surface area (TPSA) is 43.8 Å². The Morgan fingerprint density at radius 2 is 1.68 bits per heavy atom. The molecule has 0 atom stereocenters. The average Bonchev–Trinajstić information content (AvgIpc) is 2.36. The molecule has 0 spiro atoms. The number of carbonyl (C=O) groups is 1. The lowest BCUT2D eigenvalue weighted by Gasteiger charge is -2.46. The first-order chi connectivity index (χ1) is 9.04. The van der Waals surface area contributed by atoms with Gasteiger partial charge in [-0.3, -0.25) is 9.69 Å². The van der Waals surface area contributed by atoms with Gasteiger partial charge >= 0.3 is 0 Å². The zero-order valence-corrected chi connectivity index (χ0v) is 12.8. The predicted molar refractivity (Wildman–Crippen MR) is 78.1 cm³/mol. The molecule has 1 amide bonds. The van der Waals surface area contributed by atoms with Crippen LogP contribution in [-0.2, 0) is 4.79 Å². The summed E-state index contributed by atoms with van der Waals surface area (Å²) in [5.41, 5.74) is -0.544. The first kappa shape index (κ1) is 16.4. The van der Waals surface area contributed by atoms with Crippen LogP contribution in [0.3, 0.4) is 0 Å². The van der Waals surface area contributed by atoms with E-state index in [9.17, 15) is 9.90 Å². The van der Waals surface area contributed by atoms with Gasteiger partial charge in [-0.25, -0.2) is 0 Å². The highest BCUT2D eigenvalue weighted by Gasteiger charge is 2.40. The van der Waals surface area contributed by atoms with Crippen molar-refractivity contribution in [3.63, 3.8) is 0 Å². The molecular formula is C15H30N2O2. The fraction of sp³-hybridized carbons (Fsp3) is 0.933. The highest BCUT2D eigenvalue weighted by molar-refractivity contribution is 5.78. The Morgan fingerprint density at radius 3 is 2.11 bits per heavy atom. The standard InChI is InChI=1S/C15H30N2O2/c1-4-7-9-17(10-8-5-2)14(18)11-16-12-15(19,6-3)13-16/h19H,4-13H2,1-3H3. The van der Waals surface area contributed by atoms with E-state index in [-0.39, 0.29) is 5.91 Å². The summed E-state index contributed by atoms with van der Waals surface area (Å²) in [5, 5.41) is 9.96. The Labute approximate surface area is 117 Å². The minimum absolute atomic E-state index is 0.222. The fourth-order valence-electron chi connectivity index (χ4n) is 2.47. The zero-order valence-electron chi connectivity index (χ0n) is 12.8. The molecule has 0 saturated carbocycles. The summed E-state index contributed by atoms with van der Waals surface area (Å²) in [6.07, 6.45) is 5.17. The quantitative estimate of drug-likeness (QED) is 0.695. The van der Waals surface area contributed by atoms with Crippen LogP contribution in [0.15, 0.2) is 0 Å². The van der Waals surface area contributed by atoms with Crippen molar-refractivity contribution in [3.8, 4) is 0 Å². The second-order valence-electron chi connectivity index (χ2n) is 5.81. The van der Waals surface area contributed by atoms with Crippen LogP contribution >= 0.6 is 0 Å². The summed E-state index contributed by atoms with van der Waals surface area (Å²) in [6.45, 7) is 9.81. The van der Waals surface area contributed by atoms with Gasteiger partial charge in [-0.1, -0.05) is 33.6 Å². The Balaban J connectivity index is 2.35. The molecule has 1 N–H and O–H groups in total. The number of rotatable bonds is 9. The smallest absolute Gasteiger partial charge is 0.236 e. The van der Waals surface area contributed by atoms with E-state index in [2.05, 4.69) is 18.7 Å². The summed E-state index contributed by atoms with van der Waals surface area (Å²) in [7, 11) is 0. The van der Waals surface area contributed by atoms with Gasteiger partial charge in [-0.15, -0.1) is 0 Å². The van der Waals surface area contributed by atoms with Gasteiger partial charge in [0.25, 0.3) is 0 Å². The lowest BCUT2D eigenvalue weighted by molar-refractivity contribution is -0.142. The van der Waals surface area contributed by atoms with Crippen LogP contribution in [0.25, 0.3) is 0 Å². The highest BCUT2D eigenvalue weighted by Crippen LogP contribution is 2.23. The molecule has 1 fully saturated rings. The molecule has 4 heteroatoms. The first-order valence-corrected chi connectivity index (χ1v) is 7.77. The maximum atomic E-state index is 12.3. The van der Waals surface area contributed by atoms with E-state index in [0.29, 0.717) is 19.6 Å². The van der Waals surface area contributed by atoms with Gasteiger partial charge in [0.15, 0.2) is 0 Å². The molecule has 1 rings (SSSR count). The summed E-state index contributed by atoms with van der Waals surface area (Å²) in [5.74, 6) is 0.222. The lowest BCUT2D eigenvalue weighted by Crippen LogP contribution is -2.63. The number of unbranched alkanes of at least 4 members (excludes halogenated alkanes) is 2. The van der Waals surface area contributed by atoms with E-state index in [0.717, 1.165) is 45.2 Å². The van der Waals surface area contributed by atoms with E-state index in [4.69, 9.17) is 0 Å². The van der Waals surface area contributed by atoms with Crippen molar-refractivity contribution < 1.29 is 9.90 Å². The van der Waals surface area contributed by atoms with Gasteiger partial charge in [-0.2, -0.15) is 0 Å². The van der Waals surface area contributed by atoms with Crippen molar-refractivity contribution in [2.24, 2.45) is 0 Å². The van der Waals surface area contributed by atoms with Crippen molar-refractivity contribution in [2.45, 2.75) is 58.5 Å². The van der Waals surface area contributed by atoms with Gasteiger partial charge < -0.3 is 10.0 Å². The number of likely N-dealkylation sites (tertiary alicyclic amines) is 1. The molecule has 0 aromatic carbocycles. The van der Waals surface area contributed by atoms with Crippen molar-refractivity contribution in [1.82, 2.24) is 9.80 Å². The average molecular weight is 270 g/mol.